The maximum Gasteiger partial charge on any atom is 0.408 e. The minimum Gasteiger partial charge on any atom is -0.461 e. The molecule has 0 aliphatic heterocycles. The highest BCUT2D eigenvalue weighted by molar-refractivity contribution is 9.10. The topological polar surface area (TPSA) is 88.4 Å². The number of esters is 1. The highest BCUT2D eigenvalue weighted by Crippen LogP contribution is 2.32. The highest BCUT2D eigenvalue weighted by atomic mass is 79.9. The van der Waals surface area contributed by atoms with E-state index in [1.54, 1.807) is 45.0 Å². The molecule has 0 fully saturated rings. The summed E-state index contributed by atoms with van der Waals surface area (Å²) in [5.74, 6) is -0.632. The number of alkyl carbamates (subject to hydrolysis) is 1. The van der Waals surface area contributed by atoms with Crippen molar-refractivity contribution in [2.75, 3.05) is 0 Å². The molecule has 31 heavy (non-hydrogen) atoms. The largest absolute Gasteiger partial charge is 0.461 e. The molecule has 0 saturated heterocycles. The van der Waals surface area contributed by atoms with E-state index in [9.17, 15) is 9.59 Å². The summed E-state index contributed by atoms with van der Waals surface area (Å²) in [5, 5.41) is 11.8. The van der Waals surface area contributed by atoms with Crippen molar-refractivity contribution in [2.45, 2.75) is 45.4 Å². The fourth-order valence-electron chi connectivity index (χ4n) is 3.02. The van der Waals surface area contributed by atoms with Crippen LogP contribution in [0.25, 0.3) is 0 Å². The normalized spacial score (nSPS) is 13.1. The van der Waals surface area contributed by atoms with Gasteiger partial charge in [0.05, 0.1) is 12.2 Å². The van der Waals surface area contributed by atoms with Crippen LogP contribution in [0.1, 0.15) is 38.3 Å². The average Bonchev–Trinajstić information content (AvgIpc) is 2.72. The SMILES string of the molecule is C/C(=C\C#N)C[C@](NC(=O)OCc1ccccc1)(C(=O)OC(C)C)c1ccc(Br)cc1. The van der Waals surface area contributed by atoms with Crippen LogP contribution < -0.4 is 5.32 Å². The monoisotopic (exact) mass is 484 g/mol. The lowest BCUT2D eigenvalue weighted by molar-refractivity contribution is -0.156. The van der Waals surface area contributed by atoms with Gasteiger partial charge in [0, 0.05) is 17.0 Å². The van der Waals surface area contributed by atoms with Gasteiger partial charge >= 0.3 is 12.1 Å². The van der Waals surface area contributed by atoms with Gasteiger partial charge in [0.1, 0.15) is 6.61 Å². The summed E-state index contributed by atoms with van der Waals surface area (Å²) in [4.78, 5) is 26.1. The molecule has 0 aromatic heterocycles. The smallest absolute Gasteiger partial charge is 0.408 e. The van der Waals surface area contributed by atoms with Gasteiger partial charge in [0.25, 0.3) is 0 Å². The summed E-state index contributed by atoms with van der Waals surface area (Å²) < 4.78 is 11.7. The number of carbonyl (C=O) groups is 2. The number of amides is 1. The van der Waals surface area contributed by atoms with E-state index in [1.165, 1.54) is 6.08 Å². The van der Waals surface area contributed by atoms with E-state index in [-0.39, 0.29) is 13.0 Å². The van der Waals surface area contributed by atoms with Crippen molar-refractivity contribution >= 4 is 28.0 Å². The Morgan fingerprint density at radius 2 is 1.81 bits per heavy atom. The first-order chi connectivity index (χ1) is 14.8. The number of halogens is 1. The third kappa shape index (κ3) is 6.97. The predicted molar refractivity (Wildman–Crippen MR) is 121 cm³/mol. The number of carbonyl (C=O) groups excluding carboxylic acids is 2. The Hall–Kier alpha value is -3.11. The molecular weight excluding hydrogens is 460 g/mol. The van der Waals surface area contributed by atoms with Crippen LogP contribution >= 0.6 is 15.9 Å². The number of hydrogen-bond donors (Lipinski definition) is 1. The van der Waals surface area contributed by atoms with Crippen molar-refractivity contribution in [3.05, 3.63) is 81.8 Å². The Kier molecular flexibility index (Phi) is 8.83. The number of nitrogens with zero attached hydrogens (tertiary/aromatic N) is 1. The number of hydrogen-bond acceptors (Lipinski definition) is 5. The van der Waals surface area contributed by atoms with Crippen molar-refractivity contribution in [1.82, 2.24) is 5.32 Å². The van der Waals surface area contributed by atoms with E-state index >= 15 is 0 Å². The Bertz CT molecular complexity index is 965. The van der Waals surface area contributed by atoms with Gasteiger partial charge in [-0.15, -0.1) is 0 Å². The molecule has 2 aromatic carbocycles. The second-order valence-electron chi connectivity index (χ2n) is 7.35. The third-order valence-corrected chi connectivity index (χ3v) is 4.94. The average molecular weight is 485 g/mol. The zero-order chi connectivity index (χ0) is 22.9. The molecular formula is C24H25BrN2O4. The molecule has 0 aliphatic carbocycles. The second-order valence-corrected chi connectivity index (χ2v) is 8.27. The second kappa shape index (κ2) is 11.3. The summed E-state index contributed by atoms with van der Waals surface area (Å²) in [6.45, 7) is 5.23. The zero-order valence-electron chi connectivity index (χ0n) is 17.7. The van der Waals surface area contributed by atoms with Gasteiger partial charge in [-0.1, -0.05) is 64.0 Å². The van der Waals surface area contributed by atoms with Crippen molar-refractivity contribution < 1.29 is 19.1 Å². The standard InChI is InChI=1S/C24H25BrN2O4/c1-17(2)31-22(28)24(15-18(3)13-14-26,20-9-11-21(25)12-10-20)27-23(29)30-16-19-7-5-4-6-8-19/h4-13,17H,15-16H2,1-3H3,(H,27,29)/b18-13+/t24-/m1/s1. The molecule has 1 amide bonds. The summed E-state index contributed by atoms with van der Waals surface area (Å²) >= 11 is 3.38. The van der Waals surface area contributed by atoms with E-state index in [0.717, 1.165) is 10.0 Å². The molecule has 0 unspecified atom stereocenters. The van der Waals surface area contributed by atoms with Crippen molar-refractivity contribution in [3.63, 3.8) is 0 Å². The van der Waals surface area contributed by atoms with E-state index in [4.69, 9.17) is 14.7 Å². The maximum atomic E-state index is 13.3. The Balaban J connectivity index is 2.42. The minimum atomic E-state index is -1.56. The van der Waals surface area contributed by atoms with Crippen LogP contribution in [-0.4, -0.2) is 18.2 Å². The summed E-state index contributed by atoms with van der Waals surface area (Å²) in [5.41, 5.74) is 0.381. The fraction of sp³-hybridized carbons (Fsp3) is 0.292. The third-order valence-electron chi connectivity index (χ3n) is 4.41. The van der Waals surface area contributed by atoms with E-state index in [0.29, 0.717) is 11.1 Å². The number of nitriles is 1. The molecule has 0 radical (unpaired) electrons. The molecule has 1 N–H and O–H groups in total. The first-order valence-electron chi connectivity index (χ1n) is 9.78. The molecule has 162 valence electrons. The van der Waals surface area contributed by atoms with Crippen LogP contribution in [0.15, 0.2) is 70.7 Å². The molecule has 0 heterocycles. The molecule has 0 saturated carbocycles. The number of ether oxygens (including phenoxy) is 2. The van der Waals surface area contributed by atoms with Crippen molar-refractivity contribution in [3.8, 4) is 6.07 Å². The van der Waals surface area contributed by atoms with Crippen LogP contribution in [0.5, 0.6) is 0 Å². The van der Waals surface area contributed by atoms with Gasteiger partial charge in [-0.3, -0.25) is 0 Å². The van der Waals surface area contributed by atoms with Gasteiger partial charge in [-0.05, 0) is 44.0 Å². The molecule has 0 spiro atoms. The van der Waals surface area contributed by atoms with Crippen LogP contribution in [0.4, 0.5) is 4.79 Å². The van der Waals surface area contributed by atoms with Gasteiger partial charge in [-0.2, -0.15) is 5.26 Å². The van der Waals surface area contributed by atoms with Crippen LogP contribution in [0.2, 0.25) is 0 Å². The molecule has 0 bridgehead atoms. The number of nitrogens with one attached hydrogen (secondary N) is 1. The lowest BCUT2D eigenvalue weighted by atomic mass is 9.83. The van der Waals surface area contributed by atoms with Crippen molar-refractivity contribution in [1.29, 1.82) is 5.26 Å². The van der Waals surface area contributed by atoms with Gasteiger partial charge in [-0.25, -0.2) is 9.59 Å². The molecule has 2 aromatic rings. The number of allylic oxidation sites excluding steroid dienone is 1. The molecule has 7 heteroatoms. The van der Waals surface area contributed by atoms with Crippen molar-refractivity contribution in [2.24, 2.45) is 0 Å². The first-order valence-corrected chi connectivity index (χ1v) is 10.6. The van der Waals surface area contributed by atoms with Crippen LogP contribution in [-0.2, 0) is 26.4 Å². The maximum absolute atomic E-state index is 13.3. The van der Waals surface area contributed by atoms with Gasteiger partial charge < -0.3 is 14.8 Å². The quantitative estimate of drug-likeness (QED) is 0.401. The molecule has 0 aliphatic rings. The summed E-state index contributed by atoms with van der Waals surface area (Å²) in [6.07, 6.45) is 0.225. The molecule has 1 atom stereocenters. The lowest BCUT2D eigenvalue weighted by Crippen LogP contribution is -2.53. The first kappa shape index (κ1) is 24.2. The molecule has 6 nitrogen and oxygen atoms in total. The van der Waals surface area contributed by atoms with E-state index < -0.39 is 23.7 Å². The Labute approximate surface area is 191 Å². The van der Waals surface area contributed by atoms with Crippen LogP contribution in [0.3, 0.4) is 0 Å². The Morgan fingerprint density at radius 1 is 1.16 bits per heavy atom. The van der Waals surface area contributed by atoms with E-state index in [2.05, 4.69) is 21.2 Å². The van der Waals surface area contributed by atoms with Gasteiger partial charge in [0.15, 0.2) is 5.54 Å². The number of benzene rings is 2. The van der Waals surface area contributed by atoms with E-state index in [1.807, 2.05) is 36.4 Å². The van der Waals surface area contributed by atoms with Crippen LogP contribution in [0, 0.1) is 11.3 Å². The lowest BCUT2D eigenvalue weighted by Gasteiger charge is -2.33. The highest BCUT2D eigenvalue weighted by Gasteiger charge is 2.44. The van der Waals surface area contributed by atoms with Gasteiger partial charge in [0.2, 0.25) is 0 Å². The summed E-state index contributed by atoms with van der Waals surface area (Å²) in [6, 6.07) is 18.2. The minimum absolute atomic E-state index is 0.0498. The Morgan fingerprint density at radius 3 is 2.39 bits per heavy atom. The molecule has 2 rings (SSSR count). The summed E-state index contributed by atoms with van der Waals surface area (Å²) in [7, 11) is 0. The number of rotatable bonds is 8. The predicted octanol–water partition coefficient (Wildman–Crippen LogP) is 5.38. The fourth-order valence-corrected chi connectivity index (χ4v) is 3.29. The zero-order valence-corrected chi connectivity index (χ0v) is 19.3.